The van der Waals surface area contributed by atoms with Gasteiger partial charge >= 0.3 is 0 Å². The van der Waals surface area contributed by atoms with Gasteiger partial charge in [0.15, 0.2) is 0 Å². The summed E-state index contributed by atoms with van der Waals surface area (Å²) in [4.78, 5) is 0. The van der Waals surface area contributed by atoms with Crippen LogP contribution in [-0.4, -0.2) is 8.80 Å². The smallest absolute Gasteiger partial charge is 0.0379 e. The normalized spacial score (nSPS) is 11.1. The van der Waals surface area contributed by atoms with Gasteiger partial charge in [-0.15, -0.1) is 42.3 Å². The van der Waals surface area contributed by atoms with Crippen LogP contribution in [0.2, 0.25) is 19.6 Å². The molecule has 1 radical (unpaired) electrons. The zero-order chi connectivity index (χ0) is 18.2. The molecule has 0 saturated heterocycles. The molecule has 1 aliphatic carbocycles. The Morgan fingerprint density at radius 3 is 1.08 bits per heavy atom. The summed E-state index contributed by atoms with van der Waals surface area (Å²) < 4.78 is 0. The minimum atomic E-state index is 0. The van der Waals surface area contributed by atoms with Gasteiger partial charge in [0.2, 0.25) is 0 Å². The number of benzene rings is 2. The van der Waals surface area contributed by atoms with Crippen LogP contribution in [0.25, 0.3) is 0 Å². The van der Waals surface area contributed by atoms with E-state index in [2.05, 4.69) is 52.6 Å². The van der Waals surface area contributed by atoms with Crippen molar-refractivity contribution < 1.29 is 21.1 Å². The zero-order valence-electron chi connectivity index (χ0n) is 15.6. The Labute approximate surface area is 172 Å². The van der Waals surface area contributed by atoms with Crippen LogP contribution in [0, 0.1) is 26.7 Å². The van der Waals surface area contributed by atoms with E-state index in [0.717, 1.165) is 11.1 Å². The fraction of sp³-hybridized carbons (Fsp3) is 0.174. The van der Waals surface area contributed by atoms with E-state index in [1.165, 1.54) is 0 Å². The fourth-order valence-corrected chi connectivity index (χ4v) is 1.43. The van der Waals surface area contributed by atoms with Gasteiger partial charge in [0.05, 0.1) is 0 Å². The molecular formula is C23H30PtSi-3. The molecule has 0 saturated carbocycles. The molecule has 3 rings (SSSR count). The first-order valence-corrected chi connectivity index (χ1v) is 11.1. The monoisotopic (exact) mass is 529 g/mol. The van der Waals surface area contributed by atoms with E-state index in [0.29, 0.717) is 5.92 Å². The maximum Gasteiger partial charge on any atom is 0.0379 e. The molecule has 0 aliphatic heterocycles. The predicted octanol–water partition coefficient (Wildman–Crippen LogP) is 6.67. The van der Waals surface area contributed by atoms with Crippen LogP contribution in [0.3, 0.4) is 0 Å². The van der Waals surface area contributed by atoms with Gasteiger partial charge in [0.1, 0.15) is 0 Å². The van der Waals surface area contributed by atoms with Crippen LogP contribution in [0.5, 0.6) is 0 Å². The molecule has 0 atom stereocenters. The Hall–Kier alpha value is -1.43. The van der Waals surface area contributed by atoms with Crippen LogP contribution >= 0.6 is 0 Å². The van der Waals surface area contributed by atoms with Gasteiger partial charge < -0.3 is 6.92 Å². The SMILES string of the molecule is C[Si](C)C.[CH2-]C1C=CC=C1.[CH2-]c1ccccc1.[CH2-]c1ccccc1.[Pt]. The van der Waals surface area contributed by atoms with Crippen molar-refractivity contribution in [2.24, 2.45) is 5.92 Å². The molecule has 0 N–H and O–H groups in total. The summed E-state index contributed by atoms with van der Waals surface area (Å²) in [6.07, 6.45) is 8.13. The molecular weight excluding hydrogens is 499 g/mol. The summed E-state index contributed by atoms with van der Waals surface area (Å²) in [6, 6.07) is 19.7. The Morgan fingerprint density at radius 2 is 0.960 bits per heavy atom. The van der Waals surface area contributed by atoms with Gasteiger partial charge in [-0.1, -0.05) is 43.9 Å². The van der Waals surface area contributed by atoms with E-state index in [1.807, 2.05) is 72.8 Å². The fourth-order valence-electron chi connectivity index (χ4n) is 1.43. The summed E-state index contributed by atoms with van der Waals surface area (Å²) in [5, 5.41) is 0. The minimum Gasteiger partial charge on any atom is -0.333 e. The maximum atomic E-state index is 3.76. The first-order chi connectivity index (χ1) is 11.4. The van der Waals surface area contributed by atoms with Gasteiger partial charge in [-0.05, 0) is 0 Å². The van der Waals surface area contributed by atoms with Crippen LogP contribution in [0.15, 0.2) is 85.0 Å². The quantitative estimate of drug-likeness (QED) is 0.264. The first kappa shape index (κ1) is 25.8. The summed E-state index contributed by atoms with van der Waals surface area (Å²) in [6.45, 7) is 18.0. The second kappa shape index (κ2) is 17.4. The number of rotatable bonds is 0. The van der Waals surface area contributed by atoms with Crippen molar-refractivity contribution in [3.63, 3.8) is 0 Å². The molecule has 139 valence electrons. The van der Waals surface area contributed by atoms with E-state index >= 15 is 0 Å². The van der Waals surface area contributed by atoms with Crippen molar-refractivity contribution in [2.75, 3.05) is 0 Å². The van der Waals surface area contributed by atoms with Crippen molar-refractivity contribution in [2.45, 2.75) is 19.6 Å². The largest absolute Gasteiger partial charge is 0.333 e. The predicted molar refractivity (Wildman–Crippen MR) is 112 cm³/mol. The standard InChI is InChI=1S/2C7H7.C6H7.C3H9Si.Pt/c2*1-7-5-3-2-4-6-7;1-6-4-2-3-5-6;1-4(2)3;/h2*2-6H,1H2;2-6H,1H2;1-3H3;/q3*-1;;. The first-order valence-electron chi connectivity index (χ1n) is 8.10. The van der Waals surface area contributed by atoms with E-state index in [1.54, 1.807) is 0 Å². The van der Waals surface area contributed by atoms with Crippen molar-refractivity contribution in [3.05, 3.63) is 117 Å². The molecule has 0 bridgehead atoms. The number of allylic oxidation sites excluding steroid dienone is 4. The van der Waals surface area contributed by atoms with Gasteiger partial charge in [0, 0.05) is 29.9 Å². The van der Waals surface area contributed by atoms with Crippen molar-refractivity contribution >= 4 is 8.80 Å². The third-order valence-corrected chi connectivity index (χ3v) is 2.51. The Bertz CT molecular complexity index is 507. The number of hydrogen-bond donors (Lipinski definition) is 0. The molecule has 0 heterocycles. The van der Waals surface area contributed by atoms with E-state index in [9.17, 15) is 0 Å². The van der Waals surface area contributed by atoms with Gasteiger partial charge in [-0.3, -0.25) is 0 Å². The molecule has 0 nitrogen and oxygen atoms in total. The van der Waals surface area contributed by atoms with Crippen LogP contribution < -0.4 is 0 Å². The van der Waals surface area contributed by atoms with Crippen molar-refractivity contribution in [1.82, 2.24) is 0 Å². The molecule has 2 heteroatoms. The second-order valence-corrected chi connectivity index (χ2v) is 8.90. The Balaban J connectivity index is 0. The summed E-state index contributed by atoms with van der Waals surface area (Å²) in [5.74, 6) is 0.435. The molecule has 0 amide bonds. The van der Waals surface area contributed by atoms with Crippen molar-refractivity contribution in [1.29, 1.82) is 0 Å². The summed E-state index contributed by atoms with van der Waals surface area (Å²) in [5.41, 5.74) is 2.14. The average Bonchev–Trinajstić information content (AvgIpc) is 3.01. The Kier molecular flexibility index (Phi) is 17.9. The molecule has 0 unspecified atom stereocenters. The molecule has 0 spiro atoms. The molecule has 2 aromatic carbocycles. The van der Waals surface area contributed by atoms with Crippen molar-refractivity contribution in [3.8, 4) is 0 Å². The molecule has 2 aromatic rings. The maximum absolute atomic E-state index is 3.76. The number of hydrogen-bond acceptors (Lipinski definition) is 0. The molecule has 0 fully saturated rings. The van der Waals surface area contributed by atoms with Gasteiger partial charge in [0.25, 0.3) is 0 Å². The van der Waals surface area contributed by atoms with Crippen LogP contribution in [-0.2, 0) is 21.1 Å². The van der Waals surface area contributed by atoms with Gasteiger partial charge in [-0.2, -0.15) is 49.2 Å². The Morgan fingerprint density at radius 1 is 0.680 bits per heavy atom. The topological polar surface area (TPSA) is 0 Å². The van der Waals surface area contributed by atoms with Gasteiger partial charge in [-0.25, -0.2) is 0 Å². The summed E-state index contributed by atoms with van der Waals surface area (Å²) >= 11 is 0. The van der Waals surface area contributed by atoms with Crippen LogP contribution in [0.1, 0.15) is 11.1 Å². The zero-order valence-corrected chi connectivity index (χ0v) is 18.9. The van der Waals surface area contributed by atoms with Crippen LogP contribution in [0.4, 0.5) is 0 Å². The average molecular weight is 530 g/mol. The summed E-state index contributed by atoms with van der Waals surface area (Å²) in [7, 11) is 0.120. The third kappa shape index (κ3) is 20.5. The molecule has 0 aromatic heterocycles. The van der Waals surface area contributed by atoms with E-state index < -0.39 is 0 Å². The molecule has 25 heavy (non-hydrogen) atoms. The minimum absolute atomic E-state index is 0. The second-order valence-electron chi connectivity index (χ2n) is 5.90. The van der Waals surface area contributed by atoms with E-state index in [-0.39, 0.29) is 29.9 Å². The third-order valence-electron chi connectivity index (χ3n) is 2.51. The van der Waals surface area contributed by atoms with E-state index in [4.69, 9.17) is 0 Å². The molecule has 1 aliphatic rings.